The van der Waals surface area contributed by atoms with Gasteiger partial charge in [0, 0.05) is 17.1 Å². The van der Waals surface area contributed by atoms with Crippen LogP contribution in [-0.2, 0) is 0 Å². The molecular weight excluding hydrogens is 250 g/mol. The molecule has 1 aromatic carbocycles. The number of nitrogens with one attached hydrogen (secondary N) is 1. The standard InChI is InChI=1S/C14H22ClNS/c1-4-14(16-11(2)9-10-17-3)12-5-7-13(15)8-6-12/h5-8,11,14,16H,4,9-10H2,1-3H3. The third kappa shape index (κ3) is 5.33. The molecule has 1 nitrogen and oxygen atoms in total. The number of benzene rings is 1. The van der Waals surface area contributed by atoms with E-state index in [2.05, 4.69) is 37.6 Å². The summed E-state index contributed by atoms with van der Waals surface area (Å²) in [7, 11) is 0. The highest BCUT2D eigenvalue weighted by Gasteiger charge is 2.11. The minimum absolute atomic E-state index is 0.434. The number of thioether (sulfide) groups is 1. The summed E-state index contributed by atoms with van der Waals surface area (Å²) in [6, 6.07) is 9.16. The lowest BCUT2D eigenvalue weighted by atomic mass is 10.0. The van der Waals surface area contributed by atoms with E-state index in [0.29, 0.717) is 12.1 Å². The zero-order valence-corrected chi connectivity index (χ0v) is 12.4. The Balaban J connectivity index is 2.56. The van der Waals surface area contributed by atoms with E-state index in [0.717, 1.165) is 11.4 Å². The molecule has 1 rings (SSSR count). The first-order valence-corrected chi connectivity index (χ1v) is 7.95. The molecule has 0 fully saturated rings. The second-order valence-electron chi connectivity index (χ2n) is 4.36. The fraction of sp³-hybridized carbons (Fsp3) is 0.571. The zero-order chi connectivity index (χ0) is 12.7. The van der Waals surface area contributed by atoms with Crippen LogP contribution in [0.2, 0.25) is 5.02 Å². The van der Waals surface area contributed by atoms with Gasteiger partial charge in [0.1, 0.15) is 0 Å². The maximum atomic E-state index is 5.91. The van der Waals surface area contributed by atoms with Crippen LogP contribution >= 0.6 is 23.4 Å². The van der Waals surface area contributed by atoms with E-state index >= 15 is 0 Å². The highest BCUT2D eigenvalue weighted by atomic mass is 35.5. The van der Waals surface area contributed by atoms with E-state index < -0.39 is 0 Å². The Bertz CT molecular complexity index is 313. The first-order valence-electron chi connectivity index (χ1n) is 6.17. The summed E-state index contributed by atoms with van der Waals surface area (Å²) in [5, 5.41) is 4.49. The van der Waals surface area contributed by atoms with Gasteiger partial charge >= 0.3 is 0 Å². The fourth-order valence-electron chi connectivity index (χ4n) is 1.87. The van der Waals surface area contributed by atoms with Crippen LogP contribution in [0.15, 0.2) is 24.3 Å². The van der Waals surface area contributed by atoms with Crippen molar-refractivity contribution in [1.82, 2.24) is 5.32 Å². The number of halogens is 1. The van der Waals surface area contributed by atoms with E-state index in [-0.39, 0.29) is 0 Å². The van der Waals surface area contributed by atoms with Crippen molar-refractivity contribution in [3.63, 3.8) is 0 Å². The number of rotatable bonds is 7. The minimum Gasteiger partial charge on any atom is -0.307 e. The quantitative estimate of drug-likeness (QED) is 0.782. The number of hydrogen-bond donors (Lipinski definition) is 1. The second-order valence-corrected chi connectivity index (χ2v) is 5.78. The topological polar surface area (TPSA) is 12.0 Å². The molecule has 0 saturated heterocycles. The van der Waals surface area contributed by atoms with Gasteiger partial charge in [-0.25, -0.2) is 0 Å². The van der Waals surface area contributed by atoms with Gasteiger partial charge in [0.25, 0.3) is 0 Å². The molecule has 0 aromatic heterocycles. The van der Waals surface area contributed by atoms with Crippen molar-refractivity contribution in [1.29, 1.82) is 0 Å². The molecule has 1 N–H and O–H groups in total. The Morgan fingerprint density at radius 3 is 2.47 bits per heavy atom. The normalized spacial score (nSPS) is 14.6. The molecule has 0 saturated carbocycles. The molecule has 0 spiro atoms. The smallest absolute Gasteiger partial charge is 0.0406 e. The summed E-state index contributed by atoms with van der Waals surface area (Å²) in [6.45, 7) is 4.47. The number of hydrogen-bond acceptors (Lipinski definition) is 2. The summed E-state index contributed by atoms with van der Waals surface area (Å²) < 4.78 is 0. The maximum Gasteiger partial charge on any atom is 0.0406 e. The first kappa shape index (κ1) is 14.9. The lowest BCUT2D eigenvalue weighted by molar-refractivity contribution is 0.439. The zero-order valence-electron chi connectivity index (χ0n) is 10.9. The summed E-state index contributed by atoms with van der Waals surface area (Å²) in [5.41, 5.74) is 1.33. The molecule has 0 aliphatic carbocycles. The largest absolute Gasteiger partial charge is 0.307 e. The van der Waals surface area contributed by atoms with E-state index in [1.807, 2.05) is 23.9 Å². The van der Waals surface area contributed by atoms with Gasteiger partial charge in [0.2, 0.25) is 0 Å². The Morgan fingerprint density at radius 2 is 1.94 bits per heavy atom. The molecule has 1 aromatic rings. The third-order valence-electron chi connectivity index (χ3n) is 2.92. The van der Waals surface area contributed by atoms with Gasteiger partial charge < -0.3 is 5.32 Å². The van der Waals surface area contributed by atoms with Gasteiger partial charge in [-0.05, 0) is 49.5 Å². The predicted octanol–water partition coefficient (Wildman–Crippen LogP) is 4.52. The van der Waals surface area contributed by atoms with Crippen LogP contribution in [0.1, 0.15) is 38.3 Å². The molecule has 2 unspecified atom stereocenters. The van der Waals surface area contributed by atoms with Crippen LogP contribution < -0.4 is 5.32 Å². The molecule has 17 heavy (non-hydrogen) atoms. The summed E-state index contributed by atoms with van der Waals surface area (Å²) in [5.74, 6) is 1.21. The van der Waals surface area contributed by atoms with Crippen molar-refractivity contribution in [3.05, 3.63) is 34.9 Å². The first-order chi connectivity index (χ1) is 8.17. The molecule has 96 valence electrons. The summed E-state index contributed by atoms with van der Waals surface area (Å²) in [6.07, 6.45) is 4.47. The average Bonchev–Trinajstić information content (AvgIpc) is 2.34. The predicted molar refractivity (Wildman–Crippen MR) is 80.1 cm³/mol. The molecule has 2 atom stereocenters. The molecule has 0 amide bonds. The van der Waals surface area contributed by atoms with Gasteiger partial charge in [-0.2, -0.15) is 11.8 Å². The van der Waals surface area contributed by atoms with Crippen molar-refractivity contribution in [2.75, 3.05) is 12.0 Å². The van der Waals surface area contributed by atoms with E-state index in [4.69, 9.17) is 11.6 Å². The Kier molecular flexibility index (Phi) is 7.02. The Morgan fingerprint density at radius 1 is 1.29 bits per heavy atom. The molecule has 0 radical (unpaired) electrons. The maximum absolute atomic E-state index is 5.91. The van der Waals surface area contributed by atoms with Crippen LogP contribution in [0.5, 0.6) is 0 Å². The van der Waals surface area contributed by atoms with Crippen molar-refractivity contribution in [2.24, 2.45) is 0 Å². The van der Waals surface area contributed by atoms with E-state index in [1.54, 1.807) is 0 Å². The third-order valence-corrected chi connectivity index (χ3v) is 3.82. The molecule has 3 heteroatoms. The van der Waals surface area contributed by atoms with Gasteiger partial charge in [-0.15, -0.1) is 0 Å². The Labute approximate surface area is 114 Å². The molecule has 0 aliphatic heterocycles. The SMILES string of the molecule is CCC(NC(C)CCSC)c1ccc(Cl)cc1. The van der Waals surface area contributed by atoms with Gasteiger partial charge in [-0.3, -0.25) is 0 Å². The van der Waals surface area contributed by atoms with Crippen molar-refractivity contribution >= 4 is 23.4 Å². The van der Waals surface area contributed by atoms with Crippen molar-refractivity contribution < 1.29 is 0 Å². The van der Waals surface area contributed by atoms with Crippen LogP contribution in [-0.4, -0.2) is 18.1 Å². The van der Waals surface area contributed by atoms with E-state index in [9.17, 15) is 0 Å². The monoisotopic (exact) mass is 271 g/mol. The molecular formula is C14H22ClNS. The average molecular weight is 272 g/mol. The molecule has 0 heterocycles. The second kappa shape index (κ2) is 8.02. The van der Waals surface area contributed by atoms with Crippen LogP contribution in [0.4, 0.5) is 0 Å². The lowest BCUT2D eigenvalue weighted by Gasteiger charge is -2.22. The van der Waals surface area contributed by atoms with Crippen LogP contribution in [0, 0.1) is 0 Å². The van der Waals surface area contributed by atoms with Crippen LogP contribution in [0.3, 0.4) is 0 Å². The Hall–Kier alpha value is -0.180. The highest BCUT2D eigenvalue weighted by Crippen LogP contribution is 2.20. The van der Waals surface area contributed by atoms with Crippen LogP contribution in [0.25, 0.3) is 0 Å². The minimum atomic E-state index is 0.434. The molecule has 0 bridgehead atoms. The summed E-state index contributed by atoms with van der Waals surface area (Å²) in [4.78, 5) is 0. The lowest BCUT2D eigenvalue weighted by Crippen LogP contribution is -2.30. The highest BCUT2D eigenvalue weighted by molar-refractivity contribution is 7.98. The fourth-order valence-corrected chi connectivity index (χ4v) is 2.58. The van der Waals surface area contributed by atoms with Gasteiger partial charge in [-0.1, -0.05) is 30.7 Å². The van der Waals surface area contributed by atoms with Crippen molar-refractivity contribution in [3.8, 4) is 0 Å². The summed E-state index contributed by atoms with van der Waals surface area (Å²) >= 11 is 7.82. The van der Waals surface area contributed by atoms with E-state index in [1.165, 1.54) is 17.7 Å². The molecule has 0 aliphatic rings. The van der Waals surface area contributed by atoms with Gasteiger partial charge in [0.05, 0.1) is 0 Å². The van der Waals surface area contributed by atoms with Crippen molar-refractivity contribution in [2.45, 2.75) is 38.8 Å². The van der Waals surface area contributed by atoms with Gasteiger partial charge in [0.15, 0.2) is 0 Å².